The largest absolute Gasteiger partial charge is 0.251 e. The summed E-state index contributed by atoms with van der Waals surface area (Å²) in [4.78, 5) is 4.44. The average molecular weight is 228 g/mol. The summed E-state index contributed by atoms with van der Waals surface area (Å²) < 4.78 is 0. The highest BCUT2D eigenvalue weighted by Crippen LogP contribution is 2.20. The van der Waals surface area contributed by atoms with Gasteiger partial charge in [0.15, 0.2) is 0 Å². The Hall–Kier alpha value is -0.790. The smallest absolute Gasteiger partial charge is 0.0729 e. The normalized spacial score (nSPS) is 12.1. The van der Waals surface area contributed by atoms with Gasteiger partial charge in [-0.05, 0) is 19.1 Å². The molecule has 0 saturated carbocycles. The van der Waals surface area contributed by atoms with Gasteiger partial charge in [0, 0.05) is 5.39 Å². The van der Waals surface area contributed by atoms with Crippen LogP contribution in [0.25, 0.3) is 10.9 Å². The number of aromatic nitrogens is 1. The summed E-state index contributed by atoms with van der Waals surface area (Å²) in [5.74, 6) is 0. The molecular weight excluding hydrogens is 217 g/mol. The van der Waals surface area contributed by atoms with Crippen molar-refractivity contribution in [2.24, 2.45) is 0 Å². The van der Waals surface area contributed by atoms with Gasteiger partial charge >= 0.3 is 0 Å². The second-order valence-corrected chi connectivity index (χ2v) is 3.70. The fourth-order valence-corrected chi connectivity index (χ4v) is 1.42. The van der Waals surface area contributed by atoms with Crippen LogP contribution < -0.4 is 0 Å². The number of alkyl halides is 1. The summed E-state index contributed by atoms with van der Waals surface area (Å²) in [5, 5.41) is 1.13. The maximum Gasteiger partial charge on any atom is 0.0729 e. The van der Waals surface area contributed by atoms with Crippen LogP contribution in [0.2, 0.25) is 0 Å². The third-order valence-electron chi connectivity index (χ3n) is 2.03. The Morgan fingerprint density at radius 3 is 2.57 bits per heavy atom. The van der Waals surface area contributed by atoms with Crippen molar-refractivity contribution in [1.82, 2.24) is 4.98 Å². The molecule has 0 radical (unpaired) electrons. The first-order valence-electron chi connectivity index (χ1n) is 4.27. The average Bonchev–Trinajstić information content (AvgIpc) is 2.17. The number of halogens is 2. The maximum absolute atomic E-state index is 5.94. The second kappa shape index (κ2) is 4.63. The zero-order chi connectivity index (χ0) is 9.26. The number of hydrogen-bond donors (Lipinski definition) is 0. The number of hydrogen-bond acceptors (Lipinski definition) is 1. The molecule has 1 aromatic heterocycles. The van der Waals surface area contributed by atoms with E-state index in [2.05, 4.69) is 11.1 Å². The molecule has 1 nitrogen and oxygen atoms in total. The highest BCUT2D eigenvalue weighted by Gasteiger charge is 2.02. The van der Waals surface area contributed by atoms with Crippen molar-refractivity contribution in [2.75, 3.05) is 0 Å². The molecule has 0 aliphatic heterocycles. The molecule has 0 fully saturated rings. The van der Waals surface area contributed by atoms with Gasteiger partial charge in [0.25, 0.3) is 0 Å². The molecule has 0 bridgehead atoms. The molecule has 1 atom stereocenters. The van der Waals surface area contributed by atoms with E-state index in [1.807, 2.05) is 37.3 Å². The molecule has 2 rings (SSSR count). The second-order valence-electron chi connectivity index (χ2n) is 3.04. The molecular formula is C11H11Cl2N. The highest BCUT2D eigenvalue weighted by atomic mass is 35.5. The lowest BCUT2D eigenvalue weighted by Gasteiger charge is -2.03. The lowest BCUT2D eigenvalue weighted by atomic mass is 10.2. The predicted octanol–water partition coefficient (Wildman–Crippen LogP) is 3.96. The SMILES string of the molecule is CC(Cl)c1ccc2ccccc2n1.Cl. The standard InChI is InChI=1S/C11H10ClN.ClH/c1-8(12)10-7-6-9-4-2-3-5-11(9)13-10;/h2-8H,1H3;1H. The maximum atomic E-state index is 5.94. The van der Waals surface area contributed by atoms with Gasteiger partial charge in [0.05, 0.1) is 16.6 Å². The fourth-order valence-electron chi connectivity index (χ4n) is 1.30. The molecule has 1 heterocycles. The van der Waals surface area contributed by atoms with Crippen LogP contribution in [0.5, 0.6) is 0 Å². The minimum atomic E-state index is -0.0235. The molecule has 74 valence electrons. The molecule has 0 aliphatic carbocycles. The number of para-hydroxylation sites is 1. The first kappa shape index (κ1) is 11.3. The fraction of sp³-hybridized carbons (Fsp3) is 0.182. The molecule has 0 saturated heterocycles. The van der Waals surface area contributed by atoms with E-state index in [4.69, 9.17) is 11.6 Å². The van der Waals surface area contributed by atoms with Gasteiger partial charge in [0.2, 0.25) is 0 Å². The summed E-state index contributed by atoms with van der Waals surface area (Å²) in [6.07, 6.45) is 0. The van der Waals surface area contributed by atoms with Crippen LogP contribution >= 0.6 is 24.0 Å². The molecule has 0 N–H and O–H groups in total. The summed E-state index contributed by atoms with van der Waals surface area (Å²) in [6.45, 7) is 1.93. The summed E-state index contributed by atoms with van der Waals surface area (Å²) in [5.41, 5.74) is 1.94. The molecule has 0 aliphatic rings. The number of rotatable bonds is 1. The van der Waals surface area contributed by atoms with E-state index >= 15 is 0 Å². The van der Waals surface area contributed by atoms with Crippen LogP contribution in [-0.2, 0) is 0 Å². The lowest BCUT2D eigenvalue weighted by molar-refractivity contribution is 1.01. The van der Waals surface area contributed by atoms with Gasteiger partial charge in [-0.15, -0.1) is 24.0 Å². The van der Waals surface area contributed by atoms with Crippen molar-refractivity contribution in [1.29, 1.82) is 0 Å². The molecule has 1 unspecified atom stereocenters. The van der Waals surface area contributed by atoms with Gasteiger partial charge in [-0.25, -0.2) is 0 Å². The minimum Gasteiger partial charge on any atom is -0.251 e. The Kier molecular flexibility index (Phi) is 3.73. The van der Waals surface area contributed by atoms with Crippen molar-refractivity contribution < 1.29 is 0 Å². The van der Waals surface area contributed by atoms with Gasteiger partial charge in [-0.2, -0.15) is 0 Å². The van der Waals surface area contributed by atoms with E-state index in [9.17, 15) is 0 Å². The Morgan fingerprint density at radius 2 is 1.86 bits per heavy atom. The quantitative estimate of drug-likeness (QED) is 0.673. The van der Waals surface area contributed by atoms with Crippen LogP contribution in [0.3, 0.4) is 0 Å². The van der Waals surface area contributed by atoms with Gasteiger partial charge in [0.1, 0.15) is 0 Å². The van der Waals surface area contributed by atoms with Gasteiger partial charge < -0.3 is 0 Å². The first-order valence-corrected chi connectivity index (χ1v) is 4.71. The van der Waals surface area contributed by atoms with Crippen molar-refractivity contribution in [3.05, 3.63) is 42.1 Å². The number of benzene rings is 1. The number of fused-ring (bicyclic) bond motifs is 1. The van der Waals surface area contributed by atoms with E-state index in [0.29, 0.717) is 0 Å². The van der Waals surface area contributed by atoms with Gasteiger partial charge in [-0.3, -0.25) is 4.98 Å². The van der Waals surface area contributed by atoms with Crippen molar-refractivity contribution in [2.45, 2.75) is 12.3 Å². The molecule has 1 aromatic carbocycles. The van der Waals surface area contributed by atoms with E-state index < -0.39 is 0 Å². The van der Waals surface area contributed by atoms with Crippen LogP contribution in [0.1, 0.15) is 18.0 Å². The third kappa shape index (κ3) is 2.17. The molecule has 3 heteroatoms. The first-order chi connectivity index (χ1) is 6.27. The van der Waals surface area contributed by atoms with E-state index in [1.165, 1.54) is 0 Å². The van der Waals surface area contributed by atoms with Crippen molar-refractivity contribution >= 4 is 34.9 Å². The van der Waals surface area contributed by atoms with Crippen LogP contribution in [-0.4, -0.2) is 4.98 Å². The van der Waals surface area contributed by atoms with Crippen LogP contribution in [0.4, 0.5) is 0 Å². The third-order valence-corrected chi connectivity index (χ3v) is 2.25. The molecule has 0 spiro atoms. The molecule has 0 amide bonds. The van der Waals surface area contributed by atoms with Gasteiger partial charge in [-0.1, -0.05) is 24.3 Å². The number of nitrogens with zero attached hydrogens (tertiary/aromatic N) is 1. The van der Waals surface area contributed by atoms with E-state index in [0.717, 1.165) is 16.6 Å². The van der Waals surface area contributed by atoms with Crippen molar-refractivity contribution in [3.63, 3.8) is 0 Å². The van der Waals surface area contributed by atoms with Crippen molar-refractivity contribution in [3.8, 4) is 0 Å². The summed E-state index contributed by atoms with van der Waals surface area (Å²) >= 11 is 5.94. The Morgan fingerprint density at radius 1 is 1.14 bits per heavy atom. The zero-order valence-corrected chi connectivity index (χ0v) is 9.35. The van der Waals surface area contributed by atoms with E-state index in [-0.39, 0.29) is 17.8 Å². The lowest BCUT2D eigenvalue weighted by Crippen LogP contribution is -1.89. The minimum absolute atomic E-state index is 0. The van der Waals surface area contributed by atoms with Crippen LogP contribution in [0, 0.1) is 0 Å². The molecule has 2 aromatic rings. The highest BCUT2D eigenvalue weighted by molar-refractivity contribution is 6.20. The van der Waals surface area contributed by atoms with E-state index in [1.54, 1.807) is 0 Å². The van der Waals surface area contributed by atoms with Crippen LogP contribution in [0.15, 0.2) is 36.4 Å². The Labute approximate surface area is 94.5 Å². The topological polar surface area (TPSA) is 12.9 Å². The Balaban J connectivity index is 0.000000980. The summed E-state index contributed by atoms with van der Waals surface area (Å²) in [6, 6.07) is 12.1. The number of pyridine rings is 1. The molecule has 14 heavy (non-hydrogen) atoms. The predicted molar refractivity (Wildman–Crippen MR) is 63.3 cm³/mol. The Bertz CT molecular complexity index is 426. The zero-order valence-electron chi connectivity index (χ0n) is 7.77. The monoisotopic (exact) mass is 227 g/mol. The summed E-state index contributed by atoms with van der Waals surface area (Å²) in [7, 11) is 0.